The minimum Gasteiger partial charge on any atom is -0.376 e. The van der Waals surface area contributed by atoms with Gasteiger partial charge >= 0.3 is 0 Å². The molecule has 3 heteroatoms. The highest BCUT2D eigenvalue weighted by Gasteiger charge is 2.27. The highest BCUT2D eigenvalue weighted by molar-refractivity contribution is 4.82. The molecule has 3 atom stereocenters. The zero-order valence-corrected chi connectivity index (χ0v) is 11.5. The summed E-state index contributed by atoms with van der Waals surface area (Å²) in [6, 6.07) is 1.19. The summed E-state index contributed by atoms with van der Waals surface area (Å²) in [5, 5.41) is 3.43. The molecular weight excluding hydrogens is 200 g/mol. The van der Waals surface area contributed by atoms with Gasteiger partial charge in [0.1, 0.15) is 0 Å². The molecule has 1 saturated heterocycles. The van der Waals surface area contributed by atoms with E-state index in [4.69, 9.17) is 4.74 Å². The first kappa shape index (κ1) is 13.9. The lowest BCUT2D eigenvalue weighted by Gasteiger charge is -2.40. The van der Waals surface area contributed by atoms with Gasteiger partial charge in [0.25, 0.3) is 0 Å². The number of nitrogens with one attached hydrogen (secondary N) is 1. The number of hydrogen-bond donors (Lipinski definition) is 1. The van der Waals surface area contributed by atoms with Crippen molar-refractivity contribution in [3.63, 3.8) is 0 Å². The van der Waals surface area contributed by atoms with Crippen LogP contribution in [0.5, 0.6) is 0 Å². The lowest BCUT2D eigenvalue weighted by Crippen LogP contribution is -2.53. The second kappa shape index (κ2) is 6.58. The molecule has 1 rings (SSSR count). The second-order valence-corrected chi connectivity index (χ2v) is 5.30. The molecule has 0 aromatic carbocycles. The fourth-order valence-corrected chi connectivity index (χ4v) is 2.40. The van der Waals surface area contributed by atoms with Crippen molar-refractivity contribution in [2.45, 2.75) is 52.3 Å². The molecule has 0 aliphatic carbocycles. The first-order valence-electron chi connectivity index (χ1n) is 6.61. The van der Waals surface area contributed by atoms with Crippen molar-refractivity contribution in [3.8, 4) is 0 Å². The molecule has 0 aromatic heterocycles. The topological polar surface area (TPSA) is 24.5 Å². The summed E-state index contributed by atoms with van der Waals surface area (Å²) in [5.41, 5.74) is 0. The largest absolute Gasteiger partial charge is 0.376 e. The van der Waals surface area contributed by atoms with Crippen molar-refractivity contribution < 1.29 is 4.74 Å². The third-order valence-electron chi connectivity index (χ3n) is 3.66. The highest BCUT2D eigenvalue weighted by Crippen LogP contribution is 2.16. The Balaban J connectivity index is 2.53. The molecule has 0 radical (unpaired) electrons. The number of rotatable bonds is 5. The maximum absolute atomic E-state index is 5.73. The van der Waals surface area contributed by atoms with Crippen LogP contribution in [-0.2, 0) is 4.74 Å². The Morgan fingerprint density at radius 3 is 2.62 bits per heavy atom. The third-order valence-corrected chi connectivity index (χ3v) is 3.66. The van der Waals surface area contributed by atoms with Gasteiger partial charge in [0, 0.05) is 25.2 Å². The van der Waals surface area contributed by atoms with Gasteiger partial charge < -0.3 is 10.1 Å². The summed E-state index contributed by atoms with van der Waals surface area (Å²) >= 11 is 0. The smallest absolute Gasteiger partial charge is 0.0674 e. The molecule has 1 fully saturated rings. The van der Waals surface area contributed by atoms with Crippen molar-refractivity contribution in [2.75, 3.05) is 26.7 Å². The Kier molecular flexibility index (Phi) is 5.73. The molecular formula is C13H28N2O. The molecule has 16 heavy (non-hydrogen) atoms. The zero-order valence-electron chi connectivity index (χ0n) is 11.5. The van der Waals surface area contributed by atoms with Crippen LogP contribution in [0.3, 0.4) is 0 Å². The SMILES string of the molecule is CCC1COC(C)CN1CC(NC)C(C)C. The fourth-order valence-electron chi connectivity index (χ4n) is 2.40. The summed E-state index contributed by atoms with van der Waals surface area (Å²) in [6.07, 6.45) is 1.56. The maximum Gasteiger partial charge on any atom is 0.0674 e. The Labute approximate surface area is 101 Å². The van der Waals surface area contributed by atoms with Crippen LogP contribution < -0.4 is 5.32 Å². The van der Waals surface area contributed by atoms with Crippen molar-refractivity contribution >= 4 is 0 Å². The van der Waals surface area contributed by atoms with E-state index in [9.17, 15) is 0 Å². The first-order valence-corrected chi connectivity index (χ1v) is 6.61. The monoisotopic (exact) mass is 228 g/mol. The molecule has 3 unspecified atom stereocenters. The van der Waals surface area contributed by atoms with Gasteiger partial charge in [-0.25, -0.2) is 0 Å². The molecule has 1 N–H and O–H groups in total. The van der Waals surface area contributed by atoms with E-state index in [0.29, 0.717) is 24.1 Å². The van der Waals surface area contributed by atoms with Gasteiger partial charge in [-0.2, -0.15) is 0 Å². The average Bonchev–Trinajstić information content (AvgIpc) is 2.25. The van der Waals surface area contributed by atoms with Crippen LogP contribution in [0.1, 0.15) is 34.1 Å². The quantitative estimate of drug-likeness (QED) is 0.775. The first-order chi connectivity index (χ1) is 7.58. The van der Waals surface area contributed by atoms with E-state index in [2.05, 4.69) is 45.0 Å². The Bertz CT molecular complexity index is 194. The van der Waals surface area contributed by atoms with Crippen molar-refractivity contribution in [1.82, 2.24) is 10.2 Å². The van der Waals surface area contributed by atoms with E-state index in [0.717, 1.165) is 19.7 Å². The minimum atomic E-state index is 0.382. The summed E-state index contributed by atoms with van der Waals surface area (Å²) in [7, 11) is 2.06. The summed E-state index contributed by atoms with van der Waals surface area (Å²) in [6.45, 7) is 12.1. The second-order valence-electron chi connectivity index (χ2n) is 5.30. The minimum absolute atomic E-state index is 0.382. The van der Waals surface area contributed by atoms with E-state index in [-0.39, 0.29) is 0 Å². The van der Waals surface area contributed by atoms with Crippen LogP contribution >= 0.6 is 0 Å². The van der Waals surface area contributed by atoms with Crippen LogP contribution in [0.15, 0.2) is 0 Å². The third kappa shape index (κ3) is 3.72. The van der Waals surface area contributed by atoms with E-state index in [1.165, 1.54) is 6.42 Å². The molecule has 0 bridgehead atoms. The summed E-state index contributed by atoms with van der Waals surface area (Å²) < 4.78 is 5.73. The normalized spacial score (nSPS) is 29.6. The van der Waals surface area contributed by atoms with Crippen LogP contribution in [0.2, 0.25) is 0 Å². The van der Waals surface area contributed by atoms with Crippen LogP contribution in [0, 0.1) is 5.92 Å². The molecule has 1 aliphatic heterocycles. The number of hydrogen-bond acceptors (Lipinski definition) is 3. The predicted molar refractivity (Wildman–Crippen MR) is 68.8 cm³/mol. The van der Waals surface area contributed by atoms with Crippen LogP contribution in [0.4, 0.5) is 0 Å². The summed E-state index contributed by atoms with van der Waals surface area (Å²) in [5.74, 6) is 0.681. The Morgan fingerprint density at radius 2 is 2.12 bits per heavy atom. The van der Waals surface area contributed by atoms with Gasteiger partial charge in [-0.15, -0.1) is 0 Å². The van der Waals surface area contributed by atoms with E-state index < -0.39 is 0 Å². The zero-order chi connectivity index (χ0) is 12.1. The lowest BCUT2D eigenvalue weighted by atomic mass is 10.0. The van der Waals surface area contributed by atoms with Crippen molar-refractivity contribution in [1.29, 1.82) is 0 Å². The fraction of sp³-hybridized carbons (Fsp3) is 1.00. The van der Waals surface area contributed by atoms with Crippen molar-refractivity contribution in [3.05, 3.63) is 0 Å². The molecule has 0 amide bonds. The average molecular weight is 228 g/mol. The van der Waals surface area contributed by atoms with Crippen molar-refractivity contribution in [2.24, 2.45) is 5.92 Å². The van der Waals surface area contributed by atoms with E-state index in [1.807, 2.05) is 0 Å². The van der Waals surface area contributed by atoms with Gasteiger partial charge in [-0.1, -0.05) is 20.8 Å². The van der Waals surface area contributed by atoms with Crippen LogP contribution in [0.25, 0.3) is 0 Å². The number of likely N-dealkylation sites (N-methyl/N-ethyl adjacent to an activating group) is 1. The molecule has 0 aromatic rings. The lowest BCUT2D eigenvalue weighted by molar-refractivity contribution is -0.0596. The van der Waals surface area contributed by atoms with E-state index in [1.54, 1.807) is 0 Å². The standard InChI is InChI=1S/C13H28N2O/c1-6-12-9-16-11(4)7-15(12)8-13(14-5)10(2)3/h10-14H,6-9H2,1-5H3. The number of morpholine rings is 1. The van der Waals surface area contributed by atoms with E-state index >= 15 is 0 Å². The van der Waals surface area contributed by atoms with Crippen LogP contribution in [-0.4, -0.2) is 49.8 Å². The molecule has 1 heterocycles. The molecule has 1 aliphatic rings. The molecule has 0 spiro atoms. The Morgan fingerprint density at radius 1 is 1.44 bits per heavy atom. The van der Waals surface area contributed by atoms with Gasteiger partial charge in [-0.3, -0.25) is 4.90 Å². The Hall–Kier alpha value is -0.120. The van der Waals surface area contributed by atoms with Gasteiger partial charge in [-0.05, 0) is 26.3 Å². The van der Waals surface area contributed by atoms with Gasteiger partial charge in [0.15, 0.2) is 0 Å². The van der Waals surface area contributed by atoms with Gasteiger partial charge in [0.05, 0.1) is 12.7 Å². The predicted octanol–water partition coefficient (Wildman–Crippen LogP) is 1.73. The highest BCUT2D eigenvalue weighted by atomic mass is 16.5. The molecule has 96 valence electrons. The number of nitrogens with zero attached hydrogens (tertiary/aromatic N) is 1. The molecule has 0 saturated carbocycles. The summed E-state index contributed by atoms with van der Waals surface area (Å²) in [4.78, 5) is 2.59. The molecule has 3 nitrogen and oxygen atoms in total. The maximum atomic E-state index is 5.73. The number of ether oxygens (including phenoxy) is 1. The van der Waals surface area contributed by atoms with Gasteiger partial charge in [0.2, 0.25) is 0 Å².